The summed E-state index contributed by atoms with van der Waals surface area (Å²) in [5.74, 6) is 0.868. The molecule has 0 saturated carbocycles. The summed E-state index contributed by atoms with van der Waals surface area (Å²) in [6.07, 6.45) is 4.31. The van der Waals surface area contributed by atoms with Gasteiger partial charge in [0.2, 0.25) is 0 Å². The van der Waals surface area contributed by atoms with Crippen LogP contribution in [0.5, 0.6) is 5.75 Å². The van der Waals surface area contributed by atoms with Crippen molar-refractivity contribution >= 4 is 26.7 Å². The first kappa shape index (κ1) is 12.6. The molecule has 1 aromatic carbocycles. The maximum Gasteiger partial charge on any atom is 0.184 e. The first-order valence-corrected chi connectivity index (χ1v) is 7.87. The van der Waals surface area contributed by atoms with Crippen LogP contribution in [0.4, 0.5) is 5.13 Å². The summed E-state index contributed by atoms with van der Waals surface area (Å²) in [5.41, 5.74) is 3.65. The standard InChI is InChI=1S/C15H16N4OS/c1-20-11-4-5-12-14(7-11)21-15(18-12)16-8-10-9-17-19-6-2-3-13(10)19/h4-5,7,9H,2-3,6,8H2,1H3,(H,16,18). The second-order valence-electron chi connectivity index (χ2n) is 5.15. The Morgan fingerprint density at radius 3 is 3.29 bits per heavy atom. The molecule has 0 unspecified atom stereocenters. The predicted molar refractivity (Wildman–Crippen MR) is 84.0 cm³/mol. The molecule has 0 fully saturated rings. The molecule has 0 amide bonds. The van der Waals surface area contributed by atoms with Crippen LogP contribution < -0.4 is 10.1 Å². The van der Waals surface area contributed by atoms with Crippen LogP contribution in [-0.4, -0.2) is 21.9 Å². The van der Waals surface area contributed by atoms with E-state index in [-0.39, 0.29) is 0 Å². The third-order valence-corrected chi connectivity index (χ3v) is 4.82. The fourth-order valence-corrected chi connectivity index (χ4v) is 3.64. The lowest BCUT2D eigenvalue weighted by molar-refractivity contribution is 0.415. The van der Waals surface area contributed by atoms with Gasteiger partial charge in [0.15, 0.2) is 5.13 Å². The number of thiazole rings is 1. The number of anilines is 1. The maximum absolute atomic E-state index is 5.25. The Bertz CT molecular complexity index is 792. The summed E-state index contributed by atoms with van der Waals surface area (Å²) >= 11 is 1.65. The summed E-state index contributed by atoms with van der Waals surface area (Å²) in [6, 6.07) is 5.96. The smallest absolute Gasteiger partial charge is 0.184 e. The first-order valence-electron chi connectivity index (χ1n) is 7.05. The number of aromatic nitrogens is 3. The Morgan fingerprint density at radius 1 is 1.43 bits per heavy atom. The van der Waals surface area contributed by atoms with E-state index >= 15 is 0 Å². The Labute approximate surface area is 126 Å². The molecule has 1 aliphatic rings. The van der Waals surface area contributed by atoms with Crippen molar-refractivity contribution in [2.75, 3.05) is 12.4 Å². The van der Waals surface area contributed by atoms with E-state index in [1.165, 1.54) is 17.7 Å². The third kappa shape index (κ3) is 2.25. The molecule has 4 rings (SSSR count). The molecule has 0 radical (unpaired) electrons. The number of nitrogens with one attached hydrogen (secondary N) is 1. The highest BCUT2D eigenvalue weighted by Gasteiger charge is 2.16. The SMILES string of the molecule is COc1ccc2nc(NCc3cnn4c3CCC4)sc2c1. The molecule has 21 heavy (non-hydrogen) atoms. The van der Waals surface area contributed by atoms with E-state index in [0.717, 1.165) is 40.6 Å². The Kier molecular flexibility index (Phi) is 3.03. The van der Waals surface area contributed by atoms with E-state index < -0.39 is 0 Å². The lowest BCUT2D eigenvalue weighted by Gasteiger charge is -2.01. The molecule has 0 aliphatic carbocycles. The Balaban J connectivity index is 1.54. The Hall–Kier alpha value is -2.08. The second kappa shape index (κ2) is 5.04. The molecule has 0 bridgehead atoms. The van der Waals surface area contributed by atoms with Gasteiger partial charge in [-0.25, -0.2) is 4.98 Å². The van der Waals surface area contributed by atoms with Crippen LogP contribution >= 0.6 is 11.3 Å². The molecule has 0 atom stereocenters. The summed E-state index contributed by atoms with van der Waals surface area (Å²) in [4.78, 5) is 4.61. The van der Waals surface area contributed by atoms with Crippen molar-refractivity contribution in [3.05, 3.63) is 35.7 Å². The molecule has 2 aromatic heterocycles. The van der Waals surface area contributed by atoms with E-state index in [9.17, 15) is 0 Å². The largest absolute Gasteiger partial charge is 0.497 e. The summed E-state index contributed by atoms with van der Waals surface area (Å²) in [7, 11) is 1.68. The second-order valence-corrected chi connectivity index (χ2v) is 6.18. The minimum absolute atomic E-state index is 0.784. The predicted octanol–water partition coefficient (Wildman–Crippen LogP) is 3.06. The van der Waals surface area contributed by atoms with Gasteiger partial charge >= 0.3 is 0 Å². The highest BCUT2D eigenvalue weighted by atomic mass is 32.1. The fourth-order valence-electron chi connectivity index (χ4n) is 2.75. The van der Waals surface area contributed by atoms with Gasteiger partial charge in [0.1, 0.15) is 5.75 Å². The van der Waals surface area contributed by atoms with Crippen molar-refractivity contribution in [3.63, 3.8) is 0 Å². The van der Waals surface area contributed by atoms with Gasteiger partial charge < -0.3 is 10.1 Å². The molecular weight excluding hydrogens is 284 g/mol. The number of ether oxygens (including phenoxy) is 1. The normalized spacial score (nSPS) is 13.6. The monoisotopic (exact) mass is 300 g/mol. The average molecular weight is 300 g/mol. The number of rotatable bonds is 4. The topological polar surface area (TPSA) is 52.0 Å². The third-order valence-electron chi connectivity index (χ3n) is 3.84. The first-order chi connectivity index (χ1) is 10.3. The van der Waals surface area contributed by atoms with Gasteiger partial charge in [0.25, 0.3) is 0 Å². The highest BCUT2D eigenvalue weighted by Crippen LogP contribution is 2.29. The number of hydrogen-bond acceptors (Lipinski definition) is 5. The van der Waals surface area contributed by atoms with E-state index in [1.54, 1.807) is 18.4 Å². The zero-order valence-electron chi connectivity index (χ0n) is 11.8. The average Bonchev–Trinajstić information content (AvgIpc) is 3.19. The van der Waals surface area contributed by atoms with E-state index in [0.29, 0.717) is 0 Å². The minimum Gasteiger partial charge on any atom is -0.497 e. The van der Waals surface area contributed by atoms with Gasteiger partial charge in [-0.3, -0.25) is 4.68 Å². The molecule has 1 aliphatic heterocycles. The van der Waals surface area contributed by atoms with Gasteiger partial charge in [-0.05, 0) is 31.0 Å². The van der Waals surface area contributed by atoms with Crippen LogP contribution in [0.3, 0.4) is 0 Å². The van der Waals surface area contributed by atoms with Gasteiger partial charge in [-0.2, -0.15) is 5.10 Å². The summed E-state index contributed by atoms with van der Waals surface area (Å²) in [6.45, 7) is 1.84. The lowest BCUT2D eigenvalue weighted by Crippen LogP contribution is -2.01. The van der Waals surface area contributed by atoms with Crippen LogP contribution in [0.25, 0.3) is 10.2 Å². The van der Waals surface area contributed by atoms with Crippen LogP contribution in [0.2, 0.25) is 0 Å². The van der Waals surface area contributed by atoms with Crippen LogP contribution in [0, 0.1) is 0 Å². The Morgan fingerprint density at radius 2 is 2.38 bits per heavy atom. The van der Waals surface area contributed by atoms with E-state index in [4.69, 9.17) is 4.74 Å². The number of fused-ring (bicyclic) bond motifs is 2. The zero-order chi connectivity index (χ0) is 14.2. The van der Waals surface area contributed by atoms with Crippen molar-refractivity contribution in [2.45, 2.75) is 25.9 Å². The molecule has 108 valence electrons. The van der Waals surface area contributed by atoms with Gasteiger partial charge in [0, 0.05) is 24.3 Å². The van der Waals surface area contributed by atoms with Gasteiger partial charge in [0.05, 0.1) is 23.5 Å². The van der Waals surface area contributed by atoms with Crippen LogP contribution in [0.1, 0.15) is 17.7 Å². The van der Waals surface area contributed by atoms with E-state index in [1.807, 2.05) is 24.4 Å². The van der Waals surface area contributed by atoms with E-state index in [2.05, 4.69) is 20.1 Å². The number of methoxy groups -OCH3 is 1. The van der Waals surface area contributed by atoms with Crippen molar-refractivity contribution in [1.82, 2.24) is 14.8 Å². The van der Waals surface area contributed by atoms with Crippen LogP contribution in [0.15, 0.2) is 24.4 Å². The minimum atomic E-state index is 0.784. The maximum atomic E-state index is 5.25. The molecule has 1 N–H and O–H groups in total. The van der Waals surface area contributed by atoms with Crippen molar-refractivity contribution in [1.29, 1.82) is 0 Å². The lowest BCUT2D eigenvalue weighted by atomic mass is 10.2. The number of aryl methyl sites for hydroxylation is 1. The number of benzene rings is 1. The van der Waals surface area contributed by atoms with Crippen molar-refractivity contribution < 1.29 is 4.74 Å². The quantitative estimate of drug-likeness (QED) is 0.804. The molecule has 0 saturated heterocycles. The fraction of sp³-hybridized carbons (Fsp3) is 0.333. The summed E-state index contributed by atoms with van der Waals surface area (Å²) in [5, 5.41) is 8.78. The molecule has 5 nitrogen and oxygen atoms in total. The number of nitrogens with zero attached hydrogens (tertiary/aromatic N) is 3. The van der Waals surface area contributed by atoms with Crippen LogP contribution in [-0.2, 0) is 19.5 Å². The zero-order valence-corrected chi connectivity index (χ0v) is 12.6. The molecule has 0 spiro atoms. The highest BCUT2D eigenvalue weighted by molar-refractivity contribution is 7.22. The molecule has 6 heteroatoms. The molecule has 3 heterocycles. The van der Waals surface area contributed by atoms with Gasteiger partial charge in [-0.15, -0.1) is 0 Å². The molecule has 3 aromatic rings. The van der Waals surface area contributed by atoms with Crippen molar-refractivity contribution in [2.24, 2.45) is 0 Å². The van der Waals surface area contributed by atoms with Gasteiger partial charge in [-0.1, -0.05) is 11.3 Å². The van der Waals surface area contributed by atoms with Crippen molar-refractivity contribution in [3.8, 4) is 5.75 Å². The number of hydrogen-bond donors (Lipinski definition) is 1. The molecular formula is C15H16N4OS. The summed E-state index contributed by atoms with van der Waals surface area (Å²) < 4.78 is 8.50.